The van der Waals surface area contributed by atoms with Crippen molar-refractivity contribution in [2.75, 3.05) is 13.1 Å². The Bertz CT molecular complexity index is 753. The monoisotopic (exact) mass is 392 g/mol. The van der Waals surface area contributed by atoms with E-state index >= 15 is 0 Å². The first-order chi connectivity index (χ1) is 11.5. The zero-order valence-corrected chi connectivity index (χ0v) is 14.5. The molecule has 1 amide bonds. The minimum absolute atomic E-state index is 0.0139. The number of hydrogen-bond donors (Lipinski definition) is 1. The molecule has 126 valence electrons. The molecule has 1 aromatic carbocycles. The predicted molar refractivity (Wildman–Crippen MR) is 89.7 cm³/mol. The number of amides is 1. The lowest BCUT2D eigenvalue weighted by Crippen LogP contribution is -2.39. The van der Waals surface area contributed by atoms with Crippen molar-refractivity contribution in [3.05, 3.63) is 46.2 Å². The molecule has 1 aliphatic rings. The van der Waals surface area contributed by atoms with E-state index in [0.717, 1.165) is 17.3 Å². The maximum Gasteiger partial charge on any atom is 0.358 e. The highest BCUT2D eigenvalue weighted by molar-refractivity contribution is 9.10. The molecule has 0 atom stereocenters. The summed E-state index contributed by atoms with van der Waals surface area (Å²) in [6, 6.07) is 8.19. The summed E-state index contributed by atoms with van der Waals surface area (Å²) in [5.74, 6) is -0.778. The lowest BCUT2D eigenvalue weighted by molar-refractivity contribution is -0.133. The molecule has 0 aliphatic carbocycles. The van der Waals surface area contributed by atoms with Gasteiger partial charge in [-0.1, -0.05) is 39.3 Å². The smallest absolute Gasteiger partial charge is 0.358 e. The number of carbonyl (C=O) groups is 2. The van der Waals surface area contributed by atoms with E-state index in [2.05, 4.69) is 32.3 Å². The third-order valence-corrected chi connectivity index (χ3v) is 4.97. The SMILES string of the molecule is O=C(O)c1cn(CC(=O)N2CCC(c3ccccc3Br)CC2)nn1. The van der Waals surface area contributed by atoms with Crippen LogP contribution in [0.15, 0.2) is 34.9 Å². The molecule has 0 unspecified atom stereocenters. The van der Waals surface area contributed by atoms with Crippen LogP contribution in [-0.4, -0.2) is 50.0 Å². The number of rotatable bonds is 4. The number of likely N-dealkylation sites (tertiary alicyclic amines) is 1. The van der Waals surface area contributed by atoms with Gasteiger partial charge in [-0.05, 0) is 30.4 Å². The van der Waals surface area contributed by atoms with Crippen molar-refractivity contribution < 1.29 is 14.7 Å². The first kappa shape index (κ1) is 16.6. The van der Waals surface area contributed by atoms with Crippen LogP contribution in [0.25, 0.3) is 0 Å². The number of hydrogen-bond acceptors (Lipinski definition) is 4. The van der Waals surface area contributed by atoms with Crippen LogP contribution >= 0.6 is 15.9 Å². The first-order valence-corrected chi connectivity index (χ1v) is 8.49. The van der Waals surface area contributed by atoms with Crippen LogP contribution in [0.3, 0.4) is 0 Å². The molecule has 24 heavy (non-hydrogen) atoms. The Morgan fingerprint density at radius 2 is 1.96 bits per heavy atom. The highest BCUT2D eigenvalue weighted by atomic mass is 79.9. The highest BCUT2D eigenvalue weighted by Gasteiger charge is 2.25. The summed E-state index contributed by atoms with van der Waals surface area (Å²) in [4.78, 5) is 24.9. The van der Waals surface area contributed by atoms with Gasteiger partial charge in [-0.3, -0.25) is 4.79 Å². The van der Waals surface area contributed by atoms with Gasteiger partial charge >= 0.3 is 5.97 Å². The quantitative estimate of drug-likeness (QED) is 0.860. The van der Waals surface area contributed by atoms with Crippen LogP contribution in [0, 0.1) is 0 Å². The molecule has 8 heteroatoms. The number of carboxylic acid groups (broad SMARTS) is 1. The van der Waals surface area contributed by atoms with E-state index in [1.807, 2.05) is 18.2 Å². The summed E-state index contributed by atoms with van der Waals surface area (Å²) in [6.45, 7) is 1.39. The summed E-state index contributed by atoms with van der Waals surface area (Å²) in [5, 5.41) is 16.0. The Morgan fingerprint density at radius 3 is 2.58 bits per heavy atom. The van der Waals surface area contributed by atoms with E-state index in [9.17, 15) is 9.59 Å². The van der Waals surface area contributed by atoms with Crippen molar-refractivity contribution in [3.8, 4) is 0 Å². The molecule has 0 spiro atoms. The molecule has 1 N–H and O–H groups in total. The summed E-state index contributed by atoms with van der Waals surface area (Å²) in [7, 11) is 0. The Morgan fingerprint density at radius 1 is 1.25 bits per heavy atom. The number of carbonyl (C=O) groups excluding carboxylic acids is 1. The number of benzene rings is 1. The van der Waals surface area contributed by atoms with Gasteiger partial charge in [-0.25, -0.2) is 9.48 Å². The van der Waals surface area contributed by atoms with E-state index in [1.54, 1.807) is 4.90 Å². The molecule has 1 fully saturated rings. The van der Waals surface area contributed by atoms with Crippen LogP contribution in [0.1, 0.15) is 34.8 Å². The van der Waals surface area contributed by atoms with Gasteiger partial charge in [0.1, 0.15) is 6.54 Å². The van der Waals surface area contributed by atoms with Crippen molar-refractivity contribution in [2.45, 2.75) is 25.3 Å². The summed E-state index contributed by atoms with van der Waals surface area (Å²) in [5.41, 5.74) is 1.13. The average Bonchev–Trinajstić information content (AvgIpc) is 3.04. The van der Waals surface area contributed by atoms with E-state index in [4.69, 9.17) is 5.11 Å². The molecular weight excluding hydrogens is 376 g/mol. The van der Waals surface area contributed by atoms with E-state index in [-0.39, 0.29) is 18.1 Å². The third kappa shape index (κ3) is 3.64. The number of carboxylic acids is 1. The lowest BCUT2D eigenvalue weighted by atomic mass is 9.89. The van der Waals surface area contributed by atoms with Gasteiger partial charge in [0.25, 0.3) is 0 Å². The fourth-order valence-electron chi connectivity index (χ4n) is 2.96. The van der Waals surface area contributed by atoms with Gasteiger partial charge in [0.05, 0.1) is 6.20 Å². The zero-order chi connectivity index (χ0) is 17.1. The second-order valence-corrected chi connectivity index (χ2v) is 6.64. The van der Waals surface area contributed by atoms with Crippen LogP contribution in [-0.2, 0) is 11.3 Å². The predicted octanol–water partition coefficient (Wildman–Crippen LogP) is 2.15. The van der Waals surface area contributed by atoms with Gasteiger partial charge in [0, 0.05) is 17.6 Å². The molecular formula is C16H17BrN4O3. The minimum atomic E-state index is -1.15. The highest BCUT2D eigenvalue weighted by Crippen LogP contribution is 2.32. The van der Waals surface area contributed by atoms with Crippen LogP contribution in [0.2, 0.25) is 0 Å². The molecule has 1 aromatic heterocycles. The first-order valence-electron chi connectivity index (χ1n) is 7.70. The molecule has 2 aromatic rings. The molecule has 0 radical (unpaired) electrons. The standard InChI is InChI=1S/C16H17BrN4O3/c17-13-4-2-1-3-12(13)11-5-7-20(8-6-11)15(22)10-21-9-14(16(23)24)18-19-21/h1-4,9,11H,5-8,10H2,(H,23,24). The number of nitrogens with zero attached hydrogens (tertiary/aromatic N) is 4. The molecule has 1 aliphatic heterocycles. The van der Waals surface area contributed by atoms with Crippen molar-refractivity contribution in [3.63, 3.8) is 0 Å². The molecule has 7 nitrogen and oxygen atoms in total. The average molecular weight is 393 g/mol. The van der Waals surface area contributed by atoms with Gasteiger partial charge in [-0.2, -0.15) is 0 Å². The Kier molecular flexibility index (Phi) is 4.94. The van der Waals surface area contributed by atoms with Crippen LogP contribution in [0.5, 0.6) is 0 Å². The zero-order valence-electron chi connectivity index (χ0n) is 12.9. The van der Waals surface area contributed by atoms with E-state index < -0.39 is 5.97 Å². The summed E-state index contributed by atoms with van der Waals surface area (Å²) in [6.07, 6.45) is 3.09. The second-order valence-electron chi connectivity index (χ2n) is 5.78. The number of aromatic carboxylic acids is 1. The van der Waals surface area contributed by atoms with Crippen molar-refractivity contribution in [2.24, 2.45) is 0 Å². The Hall–Kier alpha value is -2.22. The largest absolute Gasteiger partial charge is 0.476 e. The molecule has 0 saturated carbocycles. The molecule has 0 bridgehead atoms. The fourth-order valence-corrected chi connectivity index (χ4v) is 3.57. The van der Waals surface area contributed by atoms with Gasteiger partial charge in [0.15, 0.2) is 5.69 Å². The summed E-state index contributed by atoms with van der Waals surface area (Å²) >= 11 is 3.59. The summed E-state index contributed by atoms with van der Waals surface area (Å²) < 4.78 is 2.38. The van der Waals surface area contributed by atoms with Crippen LogP contribution < -0.4 is 0 Å². The number of piperidine rings is 1. The van der Waals surface area contributed by atoms with Crippen molar-refractivity contribution in [1.29, 1.82) is 0 Å². The molecule has 3 rings (SSSR count). The van der Waals surface area contributed by atoms with Gasteiger partial charge in [-0.15, -0.1) is 5.10 Å². The normalized spacial score (nSPS) is 15.5. The number of halogens is 1. The van der Waals surface area contributed by atoms with E-state index in [1.165, 1.54) is 16.4 Å². The maximum atomic E-state index is 12.3. The Balaban J connectivity index is 1.57. The fraction of sp³-hybridized carbons (Fsp3) is 0.375. The molecule has 1 saturated heterocycles. The Labute approximate surface area is 147 Å². The van der Waals surface area contributed by atoms with E-state index in [0.29, 0.717) is 19.0 Å². The topological polar surface area (TPSA) is 88.3 Å². The third-order valence-electron chi connectivity index (χ3n) is 4.25. The minimum Gasteiger partial charge on any atom is -0.476 e. The second kappa shape index (κ2) is 7.12. The van der Waals surface area contributed by atoms with Crippen molar-refractivity contribution in [1.82, 2.24) is 19.9 Å². The van der Waals surface area contributed by atoms with Gasteiger partial charge < -0.3 is 10.0 Å². The van der Waals surface area contributed by atoms with Crippen molar-refractivity contribution >= 4 is 27.8 Å². The number of aromatic nitrogens is 3. The lowest BCUT2D eigenvalue weighted by Gasteiger charge is -2.32. The molecule has 2 heterocycles. The van der Waals surface area contributed by atoms with Crippen LogP contribution in [0.4, 0.5) is 0 Å². The van der Waals surface area contributed by atoms with Gasteiger partial charge in [0.2, 0.25) is 5.91 Å². The maximum absolute atomic E-state index is 12.3.